The molecule has 0 aromatic heterocycles. The second-order valence-electron chi connectivity index (χ2n) is 4.58. The van der Waals surface area contributed by atoms with Crippen molar-refractivity contribution in [2.45, 2.75) is 52.0 Å². The van der Waals surface area contributed by atoms with Crippen LogP contribution >= 0.6 is 0 Å². The smallest absolute Gasteiger partial charge is 0.254 e. The SMILES string of the molecule is CCCCC(CCC)NC(=O)c1ccccc1F. The molecule has 1 aromatic rings. The van der Waals surface area contributed by atoms with E-state index < -0.39 is 5.82 Å². The van der Waals surface area contributed by atoms with E-state index in [0.29, 0.717) is 0 Å². The quantitative estimate of drug-likeness (QED) is 0.782. The van der Waals surface area contributed by atoms with E-state index in [4.69, 9.17) is 0 Å². The first-order valence-corrected chi connectivity index (χ1v) is 6.74. The molecule has 0 fully saturated rings. The van der Waals surface area contributed by atoms with E-state index in [1.807, 2.05) is 0 Å². The normalized spacial score (nSPS) is 12.2. The number of carbonyl (C=O) groups is 1. The second kappa shape index (κ2) is 7.85. The van der Waals surface area contributed by atoms with Crippen molar-refractivity contribution in [2.24, 2.45) is 0 Å². The Morgan fingerprint density at radius 2 is 1.94 bits per heavy atom. The number of amides is 1. The van der Waals surface area contributed by atoms with Crippen LogP contribution in [0.1, 0.15) is 56.3 Å². The third-order valence-electron chi connectivity index (χ3n) is 3.00. The number of nitrogens with one attached hydrogen (secondary N) is 1. The van der Waals surface area contributed by atoms with Gasteiger partial charge in [0.25, 0.3) is 5.91 Å². The zero-order valence-corrected chi connectivity index (χ0v) is 11.2. The summed E-state index contributed by atoms with van der Waals surface area (Å²) in [5.41, 5.74) is 0.134. The Balaban J connectivity index is 2.63. The average molecular weight is 251 g/mol. The number of unbranched alkanes of at least 4 members (excludes halogenated alkanes) is 1. The van der Waals surface area contributed by atoms with E-state index >= 15 is 0 Å². The molecule has 0 saturated heterocycles. The summed E-state index contributed by atoms with van der Waals surface area (Å²) in [6.07, 6.45) is 5.12. The highest BCUT2D eigenvalue weighted by Gasteiger charge is 2.15. The molecule has 0 spiro atoms. The van der Waals surface area contributed by atoms with Crippen LogP contribution in [0.4, 0.5) is 4.39 Å². The van der Waals surface area contributed by atoms with Crippen LogP contribution < -0.4 is 5.32 Å². The Kier molecular flexibility index (Phi) is 6.40. The average Bonchev–Trinajstić information content (AvgIpc) is 2.36. The fourth-order valence-corrected chi connectivity index (χ4v) is 2.00. The Bertz CT molecular complexity index is 379. The second-order valence-corrected chi connectivity index (χ2v) is 4.58. The summed E-state index contributed by atoms with van der Waals surface area (Å²) < 4.78 is 13.5. The van der Waals surface area contributed by atoms with Crippen LogP contribution in [-0.4, -0.2) is 11.9 Å². The van der Waals surface area contributed by atoms with Crippen molar-refractivity contribution < 1.29 is 9.18 Å². The van der Waals surface area contributed by atoms with Crippen LogP contribution in [0, 0.1) is 5.82 Å². The third kappa shape index (κ3) is 4.47. The molecule has 0 aliphatic heterocycles. The summed E-state index contributed by atoms with van der Waals surface area (Å²) in [6.45, 7) is 4.22. The van der Waals surface area contributed by atoms with Gasteiger partial charge in [0.1, 0.15) is 5.82 Å². The molecule has 1 N–H and O–H groups in total. The molecule has 2 nitrogen and oxygen atoms in total. The van der Waals surface area contributed by atoms with Crippen molar-refractivity contribution in [1.82, 2.24) is 5.32 Å². The van der Waals surface area contributed by atoms with Crippen molar-refractivity contribution in [3.63, 3.8) is 0 Å². The van der Waals surface area contributed by atoms with E-state index in [1.54, 1.807) is 12.1 Å². The largest absolute Gasteiger partial charge is 0.349 e. The lowest BCUT2D eigenvalue weighted by molar-refractivity contribution is 0.0928. The monoisotopic (exact) mass is 251 g/mol. The molecule has 0 heterocycles. The third-order valence-corrected chi connectivity index (χ3v) is 3.00. The molecule has 100 valence electrons. The standard InChI is InChI=1S/C15H22FNO/c1-3-5-9-12(8-4-2)17-15(18)13-10-6-7-11-14(13)16/h6-7,10-12H,3-5,8-9H2,1-2H3,(H,17,18). The van der Waals surface area contributed by atoms with Gasteiger partial charge < -0.3 is 5.32 Å². The highest BCUT2D eigenvalue weighted by molar-refractivity contribution is 5.94. The van der Waals surface area contributed by atoms with Gasteiger partial charge in [-0.1, -0.05) is 45.2 Å². The lowest BCUT2D eigenvalue weighted by Gasteiger charge is -2.18. The summed E-state index contributed by atoms with van der Waals surface area (Å²) in [5.74, 6) is -0.761. The zero-order valence-electron chi connectivity index (χ0n) is 11.2. The van der Waals surface area contributed by atoms with Crippen molar-refractivity contribution in [2.75, 3.05) is 0 Å². The maximum absolute atomic E-state index is 13.5. The van der Waals surface area contributed by atoms with Gasteiger partial charge in [0.2, 0.25) is 0 Å². The zero-order chi connectivity index (χ0) is 13.4. The summed E-state index contributed by atoms with van der Waals surface area (Å²) in [5, 5.41) is 2.93. The minimum absolute atomic E-state index is 0.134. The fraction of sp³-hybridized carbons (Fsp3) is 0.533. The van der Waals surface area contributed by atoms with Crippen LogP contribution in [0.5, 0.6) is 0 Å². The Hall–Kier alpha value is -1.38. The Labute approximate surface area is 109 Å². The summed E-state index contributed by atoms with van der Waals surface area (Å²) in [4.78, 5) is 12.0. The predicted octanol–water partition coefficient (Wildman–Crippen LogP) is 3.91. The topological polar surface area (TPSA) is 29.1 Å². The Morgan fingerprint density at radius 3 is 2.56 bits per heavy atom. The fourth-order valence-electron chi connectivity index (χ4n) is 2.00. The number of hydrogen-bond acceptors (Lipinski definition) is 1. The van der Waals surface area contributed by atoms with Crippen molar-refractivity contribution in [3.05, 3.63) is 35.6 Å². The maximum atomic E-state index is 13.5. The molecule has 0 saturated carbocycles. The molecule has 18 heavy (non-hydrogen) atoms. The summed E-state index contributed by atoms with van der Waals surface area (Å²) in [7, 11) is 0. The lowest BCUT2D eigenvalue weighted by Crippen LogP contribution is -2.35. The predicted molar refractivity (Wildman–Crippen MR) is 72.1 cm³/mol. The molecule has 0 bridgehead atoms. The molecule has 0 aliphatic carbocycles. The first kappa shape index (κ1) is 14.7. The number of rotatable bonds is 7. The summed E-state index contributed by atoms with van der Waals surface area (Å²) >= 11 is 0. The van der Waals surface area contributed by atoms with Gasteiger partial charge in [-0.15, -0.1) is 0 Å². The van der Waals surface area contributed by atoms with Gasteiger partial charge in [0.15, 0.2) is 0 Å². The van der Waals surface area contributed by atoms with Crippen molar-refractivity contribution >= 4 is 5.91 Å². The molecule has 1 unspecified atom stereocenters. The molecule has 0 radical (unpaired) electrons. The number of halogens is 1. The molecule has 0 aliphatic rings. The number of benzene rings is 1. The first-order chi connectivity index (χ1) is 8.69. The maximum Gasteiger partial charge on any atom is 0.254 e. The van der Waals surface area contributed by atoms with Gasteiger partial charge in [-0.25, -0.2) is 4.39 Å². The van der Waals surface area contributed by atoms with Crippen LogP contribution in [-0.2, 0) is 0 Å². The van der Waals surface area contributed by atoms with Gasteiger partial charge in [0.05, 0.1) is 5.56 Å². The summed E-state index contributed by atoms with van der Waals surface area (Å²) in [6, 6.07) is 6.26. The molecular formula is C15H22FNO. The van der Waals surface area contributed by atoms with Crippen LogP contribution in [0.15, 0.2) is 24.3 Å². The minimum Gasteiger partial charge on any atom is -0.349 e. The van der Waals surface area contributed by atoms with Gasteiger partial charge in [-0.3, -0.25) is 4.79 Å². The van der Waals surface area contributed by atoms with E-state index in [1.165, 1.54) is 12.1 Å². The van der Waals surface area contributed by atoms with Crippen molar-refractivity contribution in [3.8, 4) is 0 Å². The number of carbonyl (C=O) groups excluding carboxylic acids is 1. The van der Waals surface area contributed by atoms with Crippen LogP contribution in [0.3, 0.4) is 0 Å². The Morgan fingerprint density at radius 1 is 1.22 bits per heavy atom. The van der Waals surface area contributed by atoms with E-state index in [0.717, 1.165) is 32.1 Å². The van der Waals surface area contributed by atoms with E-state index in [-0.39, 0.29) is 17.5 Å². The first-order valence-electron chi connectivity index (χ1n) is 6.74. The lowest BCUT2D eigenvalue weighted by atomic mass is 10.0. The highest BCUT2D eigenvalue weighted by atomic mass is 19.1. The minimum atomic E-state index is -0.458. The molecule has 1 atom stereocenters. The van der Waals surface area contributed by atoms with E-state index in [2.05, 4.69) is 19.2 Å². The van der Waals surface area contributed by atoms with Gasteiger partial charge >= 0.3 is 0 Å². The molecule has 3 heteroatoms. The highest BCUT2D eigenvalue weighted by Crippen LogP contribution is 2.10. The molecule has 1 amide bonds. The molecule has 1 rings (SSSR count). The molecular weight excluding hydrogens is 229 g/mol. The van der Waals surface area contributed by atoms with Crippen molar-refractivity contribution in [1.29, 1.82) is 0 Å². The number of hydrogen-bond donors (Lipinski definition) is 1. The molecule has 1 aromatic carbocycles. The van der Waals surface area contributed by atoms with Gasteiger partial charge in [0, 0.05) is 6.04 Å². The van der Waals surface area contributed by atoms with Crippen LogP contribution in [0.25, 0.3) is 0 Å². The van der Waals surface area contributed by atoms with Crippen LogP contribution in [0.2, 0.25) is 0 Å². The van der Waals surface area contributed by atoms with E-state index in [9.17, 15) is 9.18 Å². The van der Waals surface area contributed by atoms with Gasteiger partial charge in [-0.05, 0) is 25.0 Å². The van der Waals surface area contributed by atoms with Gasteiger partial charge in [-0.2, -0.15) is 0 Å².